The van der Waals surface area contributed by atoms with E-state index < -0.39 is 0 Å². The van der Waals surface area contributed by atoms with E-state index in [0.717, 1.165) is 6.54 Å². The largest absolute Gasteiger partial charge is 0.376 e. The Bertz CT molecular complexity index is 337. The molecule has 128 valence electrons. The molecule has 0 aromatic rings. The van der Waals surface area contributed by atoms with Crippen LogP contribution in [0.1, 0.15) is 45.4 Å². The number of guanidine groups is 1. The zero-order chi connectivity index (χ0) is 16.2. The lowest BCUT2D eigenvalue weighted by Gasteiger charge is -2.17. The SMILES string of the molecule is CCNC(=NCC(=O)N(C)C)NCCOC1CCCCCC1. The minimum Gasteiger partial charge on any atom is -0.376 e. The molecule has 2 N–H and O–H groups in total. The van der Waals surface area contributed by atoms with Crippen LogP contribution in [0.4, 0.5) is 0 Å². The lowest BCUT2D eigenvalue weighted by molar-refractivity contribution is -0.127. The summed E-state index contributed by atoms with van der Waals surface area (Å²) in [7, 11) is 3.47. The summed E-state index contributed by atoms with van der Waals surface area (Å²) in [5, 5.41) is 6.35. The Morgan fingerprint density at radius 1 is 1.18 bits per heavy atom. The van der Waals surface area contributed by atoms with Crippen LogP contribution in [-0.4, -0.2) is 63.2 Å². The summed E-state index contributed by atoms with van der Waals surface area (Å²) in [5.74, 6) is 0.661. The first-order valence-electron chi connectivity index (χ1n) is 8.47. The molecule has 1 aliphatic rings. The standard InChI is InChI=1S/C16H32N4O2/c1-4-17-16(19-13-15(21)20(2)3)18-11-12-22-14-9-7-5-6-8-10-14/h14H,4-13H2,1-3H3,(H2,17,18,19). The van der Waals surface area contributed by atoms with Crippen LogP contribution < -0.4 is 10.6 Å². The second kappa shape index (κ2) is 11.3. The van der Waals surface area contributed by atoms with Gasteiger partial charge < -0.3 is 20.3 Å². The lowest BCUT2D eigenvalue weighted by Crippen LogP contribution is -2.40. The van der Waals surface area contributed by atoms with Gasteiger partial charge in [0.15, 0.2) is 5.96 Å². The lowest BCUT2D eigenvalue weighted by atomic mass is 10.1. The number of nitrogens with one attached hydrogen (secondary N) is 2. The zero-order valence-electron chi connectivity index (χ0n) is 14.4. The number of carbonyl (C=O) groups is 1. The molecule has 0 aliphatic heterocycles. The van der Waals surface area contributed by atoms with Crippen LogP contribution in [0.2, 0.25) is 0 Å². The molecule has 22 heavy (non-hydrogen) atoms. The predicted molar refractivity (Wildman–Crippen MR) is 90.1 cm³/mol. The number of ether oxygens (including phenoxy) is 1. The first kappa shape index (κ1) is 18.7. The predicted octanol–water partition coefficient (Wildman–Crippen LogP) is 1.37. The molecule has 0 bridgehead atoms. The minimum absolute atomic E-state index is 0.00749. The highest BCUT2D eigenvalue weighted by molar-refractivity contribution is 5.84. The van der Waals surface area contributed by atoms with Crippen LogP contribution in [0.25, 0.3) is 0 Å². The number of carbonyl (C=O) groups excluding carboxylic acids is 1. The van der Waals surface area contributed by atoms with E-state index in [1.807, 2.05) is 6.92 Å². The fourth-order valence-corrected chi connectivity index (χ4v) is 2.43. The van der Waals surface area contributed by atoms with Crippen LogP contribution in [0.5, 0.6) is 0 Å². The molecule has 0 saturated heterocycles. The number of nitrogens with zero attached hydrogens (tertiary/aromatic N) is 2. The van der Waals surface area contributed by atoms with Crippen molar-refractivity contribution in [3.8, 4) is 0 Å². The van der Waals surface area contributed by atoms with Gasteiger partial charge in [0.05, 0.1) is 12.7 Å². The fourth-order valence-electron chi connectivity index (χ4n) is 2.43. The molecular formula is C16H32N4O2. The van der Waals surface area contributed by atoms with Gasteiger partial charge in [-0.05, 0) is 19.8 Å². The van der Waals surface area contributed by atoms with Gasteiger partial charge in [-0.2, -0.15) is 0 Å². The summed E-state index contributed by atoms with van der Waals surface area (Å²) < 4.78 is 5.93. The molecule has 0 spiro atoms. The molecule has 1 saturated carbocycles. The third-order valence-corrected chi connectivity index (χ3v) is 3.77. The number of amides is 1. The van der Waals surface area contributed by atoms with Crippen molar-refractivity contribution >= 4 is 11.9 Å². The summed E-state index contributed by atoms with van der Waals surface area (Å²) in [6, 6.07) is 0. The van der Waals surface area contributed by atoms with E-state index in [9.17, 15) is 4.79 Å². The minimum atomic E-state index is -0.00749. The molecule has 0 unspecified atom stereocenters. The quantitative estimate of drug-likeness (QED) is 0.322. The average molecular weight is 312 g/mol. The van der Waals surface area contributed by atoms with Gasteiger partial charge in [0.25, 0.3) is 0 Å². The van der Waals surface area contributed by atoms with Crippen LogP contribution in [0, 0.1) is 0 Å². The van der Waals surface area contributed by atoms with Crippen molar-refractivity contribution in [3.63, 3.8) is 0 Å². The monoisotopic (exact) mass is 312 g/mol. The van der Waals surface area contributed by atoms with Crippen LogP contribution in [0.3, 0.4) is 0 Å². The van der Waals surface area contributed by atoms with Gasteiger partial charge >= 0.3 is 0 Å². The Morgan fingerprint density at radius 3 is 2.45 bits per heavy atom. The average Bonchev–Trinajstić information content (AvgIpc) is 2.77. The van der Waals surface area contributed by atoms with Gasteiger partial charge in [0, 0.05) is 27.2 Å². The Hall–Kier alpha value is -1.30. The molecule has 0 aromatic carbocycles. The van der Waals surface area contributed by atoms with E-state index >= 15 is 0 Å². The van der Waals surface area contributed by atoms with Gasteiger partial charge in [-0.25, -0.2) is 4.99 Å². The molecule has 1 amide bonds. The number of aliphatic imine (C=N–C) groups is 1. The molecule has 6 heteroatoms. The highest BCUT2D eigenvalue weighted by Crippen LogP contribution is 2.19. The van der Waals surface area contributed by atoms with Crippen molar-refractivity contribution in [2.24, 2.45) is 4.99 Å². The van der Waals surface area contributed by atoms with Crippen molar-refractivity contribution in [1.82, 2.24) is 15.5 Å². The number of rotatable bonds is 7. The second-order valence-corrected chi connectivity index (χ2v) is 5.89. The maximum atomic E-state index is 11.6. The van der Waals surface area contributed by atoms with Crippen molar-refractivity contribution in [1.29, 1.82) is 0 Å². The van der Waals surface area contributed by atoms with Crippen molar-refractivity contribution in [2.45, 2.75) is 51.6 Å². The number of hydrogen-bond acceptors (Lipinski definition) is 3. The van der Waals surface area contributed by atoms with E-state index in [-0.39, 0.29) is 12.5 Å². The molecular weight excluding hydrogens is 280 g/mol. The Labute approximate surface area is 134 Å². The van der Waals surface area contributed by atoms with Gasteiger partial charge in [-0.3, -0.25) is 4.79 Å². The molecule has 0 aromatic heterocycles. The second-order valence-electron chi connectivity index (χ2n) is 5.89. The Balaban J connectivity index is 2.25. The molecule has 1 aliphatic carbocycles. The zero-order valence-corrected chi connectivity index (χ0v) is 14.4. The number of hydrogen-bond donors (Lipinski definition) is 2. The molecule has 0 atom stereocenters. The van der Waals surface area contributed by atoms with E-state index in [2.05, 4.69) is 15.6 Å². The topological polar surface area (TPSA) is 66.0 Å². The highest BCUT2D eigenvalue weighted by Gasteiger charge is 2.12. The normalized spacial score (nSPS) is 17.0. The van der Waals surface area contributed by atoms with Crippen LogP contribution in [-0.2, 0) is 9.53 Å². The summed E-state index contributed by atoms with van der Waals surface area (Å²) in [5.41, 5.74) is 0. The van der Waals surface area contributed by atoms with Crippen LogP contribution >= 0.6 is 0 Å². The molecule has 6 nitrogen and oxygen atoms in total. The molecule has 1 rings (SSSR count). The highest BCUT2D eigenvalue weighted by atomic mass is 16.5. The Morgan fingerprint density at radius 2 is 1.86 bits per heavy atom. The van der Waals surface area contributed by atoms with Gasteiger partial charge in [0.2, 0.25) is 5.91 Å². The van der Waals surface area contributed by atoms with E-state index in [4.69, 9.17) is 4.74 Å². The summed E-state index contributed by atoms with van der Waals surface area (Å²) >= 11 is 0. The fraction of sp³-hybridized carbons (Fsp3) is 0.875. The summed E-state index contributed by atoms with van der Waals surface area (Å²) in [6.07, 6.45) is 8.05. The Kier molecular flexibility index (Phi) is 9.62. The summed E-state index contributed by atoms with van der Waals surface area (Å²) in [6.45, 7) is 4.32. The first-order valence-corrected chi connectivity index (χ1v) is 8.47. The summed E-state index contributed by atoms with van der Waals surface area (Å²) in [4.78, 5) is 17.4. The smallest absolute Gasteiger partial charge is 0.243 e. The van der Waals surface area contributed by atoms with Crippen molar-refractivity contribution < 1.29 is 9.53 Å². The first-order chi connectivity index (χ1) is 10.6. The molecule has 1 fully saturated rings. The number of likely N-dealkylation sites (N-methyl/N-ethyl adjacent to an activating group) is 1. The third-order valence-electron chi connectivity index (χ3n) is 3.77. The van der Waals surface area contributed by atoms with E-state index in [0.29, 0.717) is 25.2 Å². The molecule has 0 heterocycles. The van der Waals surface area contributed by atoms with Crippen LogP contribution in [0.15, 0.2) is 4.99 Å². The third kappa shape index (κ3) is 8.22. The maximum absolute atomic E-state index is 11.6. The van der Waals surface area contributed by atoms with Gasteiger partial charge in [0.1, 0.15) is 6.54 Å². The van der Waals surface area contributed by atoms with E-state index in [1.165, 1.54) is 38.5 Å². The van der Waals surface area contributed by atoms with E-state index in [1.54, 1.807) is 19.0 Å². The molecule has 0 radical (unpaired) electrons. The van der Waals surface area contributed by atoms with Crippen molar-refractivity contribution in [2.75, 3.05) is 40.3 Å². The van der Waals surface area contributed by atoms with Crippen molar-refractivity contribution in [3.05, 3.63) is 0 Å². The van der Waals surface area contributed by atoms with Gasteiger partial charge in [-0.15, -0.1) is 0 Å². The van der Waals surface area contributed by atoms with Gasteiger partial charge in [-0.1, -0.05) is 25.7 Å². The maximum Gasteiger partial charge on any atom is 0.243 e.